The summed E-state index contributed by atoms with van der Waals surface area (Å²) in [6.07, 6.45) is 2.62. The van der Waals surface area contributed by atoms with Crippen LogP contribution in [0, 0.1) is 5.92 Å². The molecule has 0 aliphatic carbocycles. The number of carbonyl (C=O) groups excluding carboxylic acids is 1. The lowest BCUT2D eigenvalue weighted by Gasteiger charge is -2.39. The summed E-state index contributed by atoms with van der Waals surface area (Å²) in [5.41, 5.74) is 1.17. The fraction of sp³-hybridized carbons (Fsp3) is 0.545. The maximum absolute atomic E-state index is 12.8. The number of benzene rings is 1. The maximum atomic E-state index is 12.8. The van der Waals surface area contributed by atoms with E-state index in [0.717, 1.165) is 51.1 Å². The Morgan fingerprint density at radius 3 is 2.59 bits per heavy atom. The Kier molecular flexibility index (Phi) is 6.23. The van der Waals surface area contributed by atoms with Crippen LogP contribution in [-0.4, -0.2) is 65.8 Å². The van der Waals surface area contributed by atoms with Crippen molar-refractivity contribution in [3.63, 3.8) is 0 Å². The Bertz CT molecular complexity index is 837. The first kappa shape index (κ1) is 20.4. The number of hydrogen-bond acceptors (Lipinski definition) is 5. The summed E-state index contributed by atoms with van der Waals surface area (Å²) in [7, 11) is 0. The third-order valence-corrected chi connectivity index (χ3v) is 5.99. The molecule has 1 aromatic heterocycles. The first-order valence-electron chi connectivity index (χ1n) is 10.4. The van der Waals surface area contributed by atoms with Crippen molar-refractivity contribution in [3.8, 4) is 11.3 Å². The molecule has 2 aliphatic rings. The molecule has 2 atom stereocenters. The Morgan fingerprint density at radius 1 is 1.17 bits per heavy atom. The molecule has 2 fully saturated rings. The van der Waals surface area contributed by atoms with E-state index in [-0.39, 0.29) is 5.91 Å². The van der Waals surface area contributed by atoms with Gasteiger partial charge in [-0.25, -0.2) is 0 Å². The van der Waals surface area contributed by atoms with Gasteiger partial charge in [0.15, 0.2) is 11.5 Å². The van der Waals surface area contributed by atoms with Crippen LogP contribution in [0.4, 0.5) is 0 Å². The van der Waals surface area contributed by atoms with Gasteiger partial charge in [0.05, 0.1) is 12.2 Å². The molecule has 29 heavy (non-hydrogen) atoms. The standard InChI is InChI=1S/C22H28ClN3O3/c1-15-12-25(13-16(2)28-15)14-17-6-8-26(9-7-17)22(27)20-11-21(29-24-20)18-4-3-5-19(23)10-18/h3-5,10-11,15-17H,6-9,12-14H2,1-2H3. The second kappa shape index (κ2) is 8.86. The molecule has 1 amide bonds. The lowest BCUT2D eigenvalue weighted by atomic mass is 9.95. The Hall–Kier alpha value is -1.89. The molecule has 0 bridgehead atoms. The van der Waals surface area contributed by atoms with E-state index in [1.807, 2.05) is 17.0 Å². The molecule has 0 saturated carbocycles. The van der Waals surface area contributed by atoms with E-state index in [1.54, 1.807) is 18.2 Å². The van der Waals surface area contributed by atoms with Gasteiger partial charge in [0.1, 0.15) is 0 Å². The van der Waals surface area contributed by atoms with E-state index in [2.05, 4.69) is 23.9 Å². The normalized spacial score (nSPS) is 24.0. The number of halogens is 1. The van der Waals surface area contributed by atoms with Crippen molar-refractivity contribution in [3.05, 3.63) is 41.0 Å². The third kappa shape index (κ3) is 5.00. The van der Waals surface area contributed by atoms with E-state index in [4.69, 9.17) is 20.9 Å². The zero-order valence-electron chi connectivity index (χ0n) is 17.0. The highest BCUT2D eigenvalue weighted by Gasteiger charge is 2.29. The summed E-state index contributed by atoms with van der Waals surface area (Å²) in [4.78, 5) is 17.2. The predicted octanol–water partition coefficient (Wildman–Crippen LogP) is 3.96. The Morgan fingerprint density at radius 2 is 1.90 bits per heavy atom. The Balaban J connectivity index is 1.31. The molecule has 1 aromatic carbocycles. The van der Waals surface area contributed by atoms with Gasteiger partial charge in [-0.2, -0.15) is 0 Å². The van der Waals surface area contributed by atoms with Crippen molar-refractivity contribution in [1.82, 2.24) is 15.0 Å². The van der Waals surface area contributed by atoms with Gasteiger partial charge in [0, 0.05) is 49.4 Å². The number of rotatable bonds is 4. The third-order valence-electron chi connectivity index (χ3n) is 5.75. The van der Waals surface area contributed by atoms with Gasteiger partial charge < -0.3 is 14.2 Å². The van der Waals surface area contributed by atoms with E-state index < -0.39 is 0 Å². The summed E-state index contributed by atoms with van der Waals surface area (Å²) < 4.78 is 11.2. The molecular formula is C22H28ClN3O3. The molecule has 2 aromatic rings. The molecule has 7 heteroatoms. The number of likely N-dealkylation sites (tertiary alicyclic amines) is 1. The number of carbonyl (C=O) groups is 1. The van der Waals surface area contributed by atoms with Crippen LogP contribution in [0.15, 0.2) is 34.9 Å². The van der Waals surface area contributed by atoms with Crippen molar-refractivity contribution in [2.24, 2.45) is 5.92 Å². The number of ether oxygens (including phenoxy) is 1. The number of piperidine rings is 1. The van der Waals surface area contributed by atoms with E-state index in [9.17, 15) is 4.79 Å². The summed E-state index contributed by atoms with van der Waals surface area (Å²) in [5, 5.41) is 4.62. The average Bonchev–Trinajstić information content (AvgIpc) is 3.17. The van der Waals surface area contributed by atoms with Gasteiger partial charge in [-0.1, -0.05) is 28.9 Å². The van der Waals surface area contributed by atoms with Gasteiger partial charge in [0.2, 0.25) is 0 Å². The lowest BCUT2D eigenvalue weighted by molar-refractivity contribution is -0.0728. The second-order valence-electron chi connectivity index (χ2n) is 8.30. The first-order chi connectivity index (χ1) is 14.0. The van der Waals surface area contributed by atoms with Crippen LogP contribution in [0.25, 0.3) is 11.3 Å². The minimum Gasteiger partial charge on any atom is -0.373 e. The monoisotopic (exact) mass is 417 g/mol. The highest BCUT2D eigenvalue weighted by atomic mass is 35.5. The molecule has 156 valence electrons. The smallest absolute Gasteiger partial charge is 0.276 e. The molecular weight excluding hydrogens is 390 g/mol. The Labute approximate surface area is 176 Å². The molecule has 3 heterocycles. The van der Waals surface area contributed by atoms with Crippen LogP contribution >= 0.6 is 11.6 Å². The first-order valence-corrected chi connectivity index (χ1v) is 10.8. The molecule has 6 nitrogen and oxygen atoms in total. The molecule has 2 saturated heterocycles. The number of nitrogens with zero attached hydrogens (tertiary/aromatic N) is 3. The van der Waals surface area contributed by atoms with Gasteiger partial charge in [0.25, 0.3) is 5.91 Å². The number of amides is 1. The summed E-state index contributed by atoms with van der Waals surface area (Å²) in [5.74, 6) is 1.12. The van der Waals surface area contributed by atoms with Gasteiger partial charge in [-0.15, -0.1) is 0 Å². The summed E-state index contributed by atoms with van der Waals surface area (Å²) >= 11 is 6.04. The summed E-state index contributed by atoms with van der Waals surface area (Å²) in [6.45, 7) is 8.88. The highest BCUT2D eigenvalue weighted by molar-refractivity contribution is 6.30. The predicted molar refractivity (Wildman–Crippen MR) is 112 cm³/mol. The van der Waals surface area contributed by atoms with Crippen LogP contribution in [0.3, 0.4) is 0 Å². The maximum Gasteiger partial charge on any atom is 0.276 e. The van der Waals surface area contributed by atoms with Crippen LogP contribution in [0.2, 0.25) is 5.02 Å². The van der Waals surface area contributed by atoms with Crippen molar-refractivity contribution in [2.45, 2.75) is 38.9 Å². The van der Waals surface area contributed by atoms with Crippen molar-refractivity contribution in [2.75, 3.05) is 32.7 Å². The second-order valence-corrected chi connectivity index (χ2v) is 8.73. The van der Waals surface area contributed by atoms with Crippen LogP contribution in [-0.2, 0) is 4.74 Å². The van der Waals surface area contributed by atoms with Gasteiger partial charge >= 0.3 is 0 Å². The fourth-order valence-corrected chi connectivity index (χ4v) is 4.62. The SMILES string of the molecule is CC1CN(CC2CCN(C(=O)c3cc(-c4cccc(Cl)c4)on3)CC2)CC(C)O1. The zero-order valence-corrected chi connectivity index (χ0v) is 17.8. The molecule has 0 radical (unpaired) electrons. The van der Waals surface area contributed by atoms with Gasteiger partial charge in [-0.05, 0) is 44.7 Å². The van der Waals surface area contributed by atoms with Crippen molar-refractivity contribution in [1.29, 1.82) is 0 Å². The fourth-order valence-electron chi connectivity index (χ4n) is 4.43. The van der Waals surface area contributed by atoms with E-state index in [0.29, 0.717) is 34.6 Å². The largest absolute Gasteiger partial charge is 0.373 e. The molecule has 0 N–H and O–H groups in total. The molecule has 2 aliphatic heterocycles. The minimum absolute atomic E-state index is 0.0610. The van der Waals surface area contributed by atoms with Gasteiger partial charge in [-0.3, -0.25) is 9.69 Å². The molecule has 4 rings (SSSR count). The van der Waals surface area contributed by atoms with Crippen LogP contribution < -0.4 is 0 Å². The highest BCUT2D eigenvalue weighted by Crippen LogP contribution is 2.25. The molecule has 0 spiro atoms. The lowest BCUT2D eigenvalue weighted by Crippen LogP contribution is -2.48. The van der Waals surface area contributed by atoms with Crippen molar-refractivity contribution >= 4 is 17.5 Å². The zero-order chi connectivity index (χ0) is 20.4. The number of aromatic nitrogens is 1. The summed E-state index contributed by atoms with van der Waals surface area (Å²) in [6, 6.07) is 9.05. The topological polar surface area (TPSA) is 58.8 Å². The van der Waals surface area contributed by atoms with Crippen LogP contribution in [0.1, 0.15) is 37.2 Å². The number of hydrogen-bond donors (Lipinski definition) is 0. The minimum atomic E-state index is -0.0610. The van der Waals surface area contributed by atoms with E-state index in [1.165, 1.54) is 0 Å². The average molecular weight is 418 g/mol. The quantitative estimate of drug-likeness (QED) is 0.753. The van der Waals surface area contributed by atoms with Crippen LogP contribution in [0.5, 0.6) is 0 Å². The molecule has 2 unspecified atom stereocenters. The van der Waals surface area contributed by atoms with E-state index >= 15 is 0 Å². The number of morpholine rings is 1. The van der Waals surface area contributed by atoms with Crippen molar-refractivity contribution < 1.29 is 14.1 Å².